The van der Waals surface area contributed by atoms with Crippen molar-refractivity contribution in [3.8, 4) is 11.5 Å². The summed E-state index contributed by atoms with van der Waals surface area (Å²) in [5.74, 6) is 1.18. The zero-order valence-electron chi connectivity index (χ0n) is 22.7. The molecule has 0 saturated carbocycles. The largest absolute Gasteiger partial charge is 0.494 e. The summed E-state index contributed by atoms with van der Waals surface area (Å²) in [5, 5.41) is 9.11. The first kappa shape index (κ1) is 28.2. The summed E-state index contributed by atoms with van der Waals surface area (Å²) < 4.78 is 16.5. The molecule has 0 bridgehead atoms. The topological polar surface area (TPSA) is 105 Å². The van der Waals surface area contributed by atoms with Crippen molar-refractivity contribution in [2.75, 3.05) is 24.6 Å². The number of fused-ring (bicyclic) bond motifs is 1. The van der Waals surface area contributed by atoms with Crippen molar-refractivity contribution in [3.05, 3.63) is 105 Å². The molecule has 4 aromatic rings. The Bertz CT molecular complexity index is 1510. The second kappa shape index (κ2) is 13.8. The minimum absolute atomic E-state index is 0.0812. The lowest BCUT2D eigenvalue weighted by Gasteiger charge is -2.36. The number of aromatic amines is 1. The second-order valence-corrected chi connectivity index (χ2v) is 10.7. The first-order valence-corrected chi connectivity index (χ1v) is 14.6. The predicted molar refractivity (Wildman–Crippen MR) is 162 cm³/mol. The summed E-state index contributed by atoms with van der Waals surface area (Å²) >= 11 is 0.860. The third-order valence-electron chi connectivity index (χ3n) is 6.90. The Morgan fingerprint density at radius 1 is 1.05 bits per heavy atom. The lowest BCUT2D eigenvalue weighted by atomic mass is 10.1. The Kier molecular flexibility index (Phi) is 9.49. The smallest absolute Gasteiger partial charge is 0.323 e. The first-order valence-electron chi connectivity index (χ1n) is 13.8. The lowest BCUT2D eigenvalue weighted by Crippen LogP contribution is -2.37. The highest BCUT2D eigenvalue weighted by molar-refractivity contribution is 7.02. The van der Waals surface area contributed by atoms with Crippen molar-refractivity contribution in [3.63, 3.8) is 0 Å². The van der Waals surface area contributed by atoms with Crippen LogP contribution < -0.4 is 19.2 Å². The molecule has 9 heteroatoms. The minimum Gasteiger partial charge on any atom is -0.494 e. The molecule has 0 fully saturated rings. The van der Waals surface area contributed by atoms with Crippen LogP contribution in [0, 0.1) is 0 Å². The molecular formula is C32H33N3O5S. The molecule has 3 aromatic carbocycles. The Hall–Kier alpha value is -4.37. The molecule has 212 valence electrons. The maximum atomic E-state index is 11.7. The first-order chi connectivity index (χ1) is 20.0. The second-order valence-electron chi connectivity index (χ2n) is 9.92. The molecule has 2 N–H and O–H groups in total. The summed E-state index contributed by atoms with van der Waals surface area (Å²) in [7, 11) is 0. The fraction of sp³-hybridized carbons (Fsp3) is 0.281. The van der Waals surface area contributed by atoms with Gasteiger partial charge < -0.3 is 19.5 Å². The van der Waals surface area contributed by atoms with Crippen molar-refractivity contribution >= 4 is 35.3 Å². The number of unbranched alkanes of at least 4 members (excludes halogenated alkanes) is 1. The third-order valence-corrected chi connectivity index (χ3v) is 7.46. The summed E-state index contributed by atoms with van der Waals surface area (Å²) in [6.45, 7) is 1.70. The highest BCUT2D eigenvalue weighted by atomic mass is 32.1. The van der Waals surface area contributed by atoms with Crippen LogP contribution in [0.3, 0.4) is 0 Å². The molecule has 1 atom stereocenters. The van der Waals surface area contributed by atoms with E-state index >= 15 is 0 Å². The number of carboxylic acids is 1. The molecule has 0 spiro atoms. The highest BCUT2D eigenvalue weighted by Gasteiger charge is 2.30. The van der Waals surface area contributed by atoms with Crippen LogP contribution in [0.25, 0.3) is 12.2 Å². The number of aromatic nitrogens is 2. The number of carbonyl (C=O) groups is 1. The lowest BCUT2D eigenvalue weighted by molar-refractivity contribution is -0.137. The van der Waals surface area contributed by atoms with Crippen molar-refractivity contribution in [1.29, 1.82) is 0 Å². The number of anilines is 1. The van der Waals surface area contributed by atoms with Crippen LogP contribution in [-0.4, -0.2) is 40.1 Å². The standard InChI is InChI=1S/C32H33N3O5S/c36-29(37)13-7-20-35-22-28(31-33-32(38)41-34-31)40-30-25(11-6-12-27(30)35)17-14-24-15-18-26(19-16-24)39-21-5-4-10-23-8-2-1-3-9-23/h1-3,6,8-9,11-12,14-19,28H,4-5,7,10,13,20-22H2,(H,36,37)(H,33,34,38)/b17-14+. The SMILES string of the molecule is O=C(O)CCCN1CC(c2nsc(=O)[nH]2)Oc2c(/C=C/c3ccc(OCCCCc4ccccc4)cc3)cccc21. The van der Waals surface area contributed by atoms with Gasteiger partial charge in [0, 0.05) is 30.1 Å². The van der Waals surface area contributed by atoms with Gasteiger partial charge in [0.05, 0.1) is 18.8 Å². The van der Waals surface area contributed by atoms with E-state index in [9.17, 15) is 9.59 Å². The number of rotatable bonds is 13. The van der Waals surface area contributed by atoms with Gasteiger partial charge in [0.15, 0.2) is 17.7 Å². The van der Waals surface area contributed by atoms with Gasteiger partial charge in [-0.25, -0.2) is 0 Å². The van der Waals surface area contributed by atoms with Gasteiger partial charge in [0.2, 0.25) is 0 Å². The van der Waals surface area contributed by atoms with Gasteiger partial charge in [0.1, 0.15) is 5.75 Å². The molecule has 2 heterocycles. The number of nitrogens with zero attached hydrogens (tertiary/aromatic N) is 2. The van der Waals surface area contributed by atoms with Crippen LogP contribution in [0.4, 0.5) is 5.69 Å². The molecule has 1 aliphatic heterocycles. The summed E-state index contributed by atoms with van der Waals surface area (Å²) in [6.07, 6.45) is 7.28. The van der Waals surface area contributed by atoms with Gasteiger partial charge in [-0.2, -0.15) is 4.37 Å². The Balaban J connectivity index is 1.23. The molecule has 0 amide bonds. The van der Waals surface area contributed by atoms with Gasteiger partial charge in [-0.3, -0.25) is 14.6 Å². The quantitative estimate of drug-likeness (QED) is 0.145. The van der Waals surface area contributed by atoms with Crippen molar-refractivity contribution < 1.29 is 19.4 Å². The number of ether oxygens (including phenoxy) is 2. The van der Waals surface area contributed by atoms with E-state index < -0.39 is 12.1 Å². The van der Waals surface area contributed by atoms with E-state index in [1.54, 1.807) is 0 Å². The number of hydrogen-bond donors (Lipinski definition) is 2. The fourth-order valence-corrected chi connectivity index (χ4v) is 5.31. The van der Waals surface area contributed by atoms with E-state index in [0.29, 0.717) is 37.7 Å². The van der Waals surface area contributed by atoms with Gasteiger partial charge in [-0.15, -0.1) is 0 Å². The molecule has 0 aliphatic carbocycles. The summed E-state index contributed by atoms with van der Waals surface area (Å²) in [5.41, 5.74) is 4.15. The number of H-pyrrole nitrogens is 1. The Labute approximate surface area is 243 Å². The predicted octanol–water partition coefficient (Wildman–Crippen LogP) is 6.21. The average molecular weight is 572 g/mol. The normalized spacial score (nSPS) is 14.5. The van der Waals surface area contributed by atoms with Crippen molar-refractivity contribution in [1.82, 2.24) is 9.36 Å². The fourth-order valence-electron chi connectivity index (χ4n) is 4.81. The average Bonchev–Trinajstić information content (AvgIpc) is 3.43. The van der Waals surface area contributed by atoms with E-state index in [-0.39, 0.29) is 11.3 Å². The van der Waals surface area contributed by atoms with Crippen LogP contribution in [0.5, 0.6) is 11.5 Å². The molecule has 0 radical (unpaired) electrons. The molecule has 5 rings (SSSR count). The van der Waals surface area contributed by atoms with Crippen molar-refractivity contribution in [2.24, 2.45) is 0 Å². The number of benzene rings is 3. The van der Waals surface area contributed by atoms with Gasteiger partial charge in [0.25, 0.3) is 0 Å². The highest BCUT2D eigenvalue weighted by Crippen LogP contribution is 2.41. The number of aryl methyl sites for hydroxylation is 1. The number of carboxylic acid groups (broad SMARTS) is 1. The number of para-hydroxylation sites is 1. The Morgan fingerprint density at radius 2 is 1.88 bits per heavy atom. The van der Waals surface area contributed by atoms with Crippen LogP contribution in [-0.2, 0) is 11.2 Å². The Morgan fingerprint density at radius 3 is 2.63 bits per heavy atom. The van der Waals surface area contributed by atoms with E-state index in [1.807, 2.05) is 60.7 Å². The zero-order chi connectivity index (χ0) is 28.4. The zero-order valence-corrected chi connectivity index (χ0v) is 23.5. The maximum absolute atomic E-state index is 11.7. The van der Waals surface area contributed by atoms with Crippen molar-refractivity contribution in [2.45, 2.75) is 38.2 Å². The summed E-state index contributed by atoms with van der Waals surface area (Å²) in [4.78, 5) is 27.5. The van der Waals surface area contributed by atoms with Gasteiger partial charge in [-0.1, -0.05) is 66.7 Å². The van der Waals surface area contributed by atoms with Gasteiger partial charge >= 0.3 is 10.8 Å². The van der Waals surface area contributed by atoms with Crippen LogP contribution >= 0.6 is 11.5 Å². The van der Waals surface area contributed by atoms with Gasteiger partial charge in [-0.05, 0) is 55.0 Å². The third kappa shape index (κ3) is 7.85. The van der Waals surface area contributed by atoms with Crippen LogP contribution in [0.1, 0.15) is 54.3 Å². The molecule has 1 unspecified atom stereocenters. The van der Waals surface area contributed by atoms with E-state index in [4.69, 9.17) is 14.6 Å². The molecule has 1 aliphatic rings. The number of aliphatic carboxylic acids is 1. The van der Waals surface area contributed by atoms with E-state index in [1.165, 1.54) is 5.56 Å². The molecule has 8 nitrogen and oxygen atoms in total. The van der Waals surface area contributed by atoms with Crippen LogP contribution in [0.15, 0.2) is 77.6 Å². The molecule has 41 heavy (non-hydrogen) atoms. The van der Waals surface area contributed by atoms with Crippen LogP contribution in [0.2, 0.25) is 0 Å². The number of hydrogen-bond acceptors (Lipinski definition) is 7. The minimum atomic E-state index is -0.824. The van der Waals surface area contributed by atoms with E-state index in [0.717, 1.165) is 53.4 Å². The molecule has 1 aromatic heterocycles. The monoisotopic (exact) mass is 571 g/mol. The number of nitrogens with one attached hydrogen (secondary N) is 1. The van der Waals surface area contributed by atoms with E-state index in [2.05, 4.69) is 38.5 Å². The molecule has 0 saturated heterocycles. The summed E-state index contributed by atoms with van der Waals surface area (Å²) in [6, 6.07) is 24.4. The maximum Gasteiger partial charge on any atom is 0.323 e. The molecular weight excluding hydrogens is 538 g/mol.